The molecule has 0 bridgehead atoms. The van der Waals surface area contributed by atoms with Crippen LogP contribution in [0.15, 0.2) is 71.9 Å². The first-order chi connectivity index (χ1) is 15.9. The molecule has 1 aliphatic carbocycles. The van der Waals surface area contributed by atoms with Gasteiger partial charge in [0.05, 0.1) is 27.3 Å². The monoisotopic (exact) mass is 481 g/mol. The van der Waals surface area contributed by atoms with Gasteiger partial charge in [0.15, 0.2) is 0 Å². The quantitative estimate of drug-likeness (QED) is 0.429. The van der Waals surface area contributed by atoms with E-state index in [1.165, 1.54) is 3.97 Å². The molecule has 4 aromatic rings. The second kappa shape index (κ2) is 8.78. The SMILES string of the molecule is NC1CCC(Nc2ncc(Cl)c(-c3cn(S(=O)(=O)c4ccccc4)c4ccccc34)n2)CC1. The van der Waals surface area contributed by atoms with E-state index in [0.29, 0.717) is 27.7 Å². The number of nitrogens with two attached hydrogens (primary N) is 1. The van der Waals surface area contributed by atoms with Crippen LogP contribution < -0.4 is 11.1 Å². The van der Waals surface area contributed by atoms with Crippen molar-refractivity contribution in [3.63, 3.8) is 0 Å². The van der Waals surface area contributed by atoms with Crippen molar-refractivity contribution < 1.29 is 8.42 Å². The van der Waals surface area contributed by atoms with Crippen molar-refractivity contribution in [2.45, 2.75) is 42.7 Å². The zero-order valence-electron chi connectivity index (χ0n) is 17.9. The molecule has 9 heteroatoms. The number of rotatable bonds is 5. The molecule has 0 atom stereocenters. The minimum atomic E-state index is -3.80. The summed E-state index contributed by atoms with van der Waals surface area (Å²) in [5.74, 6) is 0.470. The van der Waals surface area contributed by atoms with Gasteiger partial charge in [0.25, 0.3) is 10.0 Å². The van der Waals surface area contributed by atoms with E-state index in [-0.39, 0.29) is 17.0 Å². The Bertz CT molecular complexity index is 1400. The van der Waals surface area contributed by atoms with Crippen LogP contribution in [0.5, 0.6) is 0 Å². The molecule has 5 rings (SSSR count). The van der Waals surface area contributed by atoms with Crippen molar-refractivity contribution in [3.05, 3.63) is 72.0 Å². The molecular formula is C24H24ClN5O2S. The van der Waals surface area contributed by atoms with Crippen LogP contribution in [-0.4, -0.2) is 34.4 Å². The number of hydrogen-bond acceptors (Lipinski definition) is 6. The van der Waals surface area contributed by atoms with Crippen LogP contribution in [0.1, 0.15) is 25.7 Å². The Morgan fingerprint density at radius 3 is 2.45 bits per heavy atom. The zero-order valence-corrected chi connectivity index (χ0v) is 19.4. The van der Waals surface area contributed by atoms with Gasteiger partial charge in [-0.1, -0.05) is 48.0 Å². The van der Waals surface area contributed by atoms with Crippen LogP contribution in [0.25, 0.3) is 22.2 Å². The van der Waals surface area contributed by atoms with E-state index in [1.807, 2.05) is 18.2 Å². The molecule has 170 valence electrons. The molecule has 1 fully saturated rings. The lowest BCUT2D eigenvalue weighted by atomic mass is 9.92. The van der Waals surface area contributed by atoms with Crippen LogP contribution in [0.3, 0.4) is 0 Å². The molecule has 1 aliphatic rings. The number of aromatic nitrogens is 3. The van der Waals surface area contributed by atoms with Gasteiger partial charge in [0.1, 0.15) is 0 Å². The number of anilines is 1. The molecule has 2 aromatic heterocycles. The predicted octanol–water partition coefficient (Wildman–Crippen LogP) is 4.67. The van der Waals surface area contributed by atoms with Gasteiger partial charge in [-0.3, -0.25) is 0 Å². The largest absolute Gasteiger partial charge is 0.351 e. The number of hydrogen-bond donors (Lipinski definition) is 2. The molecule has 2 heterocycles. The maximum atomic E-state index is 13.4. The van der Waals surface area contributed by atoms with Crippen molar-refractivity contribution >= 4 is 38.5 Å². The summed E-state index contributed by atoms with van der Waals surface area (Å²) in [6, 6.07) is 16.2. The Hall–Kier alpha value is -2.94. The van der Waals surface area contributed by atoms with E-state index < -0.39 is 10.0 Å². The van der Waals surface area contributed by atoms with E-state index in [2.05, 4.69) is 15.3 Å². The highest BCUT2D eigenvalue weighted by molar-refractivity contribution is 7.90. The summed E-state index contributed by atoms with van der Waals surface area (Å²) < 4.78 is 28.1. The Balaban J connectivity index is 1.58. The fraction of sp³-hybridized carbons (Fsp3) is 0.250. The highest BCUT2D eigenvalue weighted by Gasteiger charge is 2.24. The van der Waals surface area contributed by atoms with E-state index >= 15 is 0 Å². The Labute approximate surface area is 197 Å². The molecule has 7 nitrogen and oxygen atoms in total. The fourth-order valence-corrected chi connectivity index (χ4v) is 5.90. The first-order valence-corrected chi connectivity index (χ1v) is 12.7. The lowest BCUT2D eigenvalue weighted by Gasteiger charge is -2.26. The van der Waals surface area contributed by atoms with Crippen LogP contribution in [0.4, 0.5) is 5.95 Å². The third kappa shape index (κ3) is 4.21. The molecule has 0 spiro atoms. The second-order valence-corrected chi connectivity index (χ2v) is 10.5. The van der Waals surface area contributed by atoms with Gasteiger partial charge < -0.3 is 11.1 Å². The smallest absolute Gasteiger partial charge is 0.268 e. The molecule has 0 aliphatic heterocycles. The van der Waals surface area contributed by atoms with Gasteiger partial charge in [-0.2, -0.15) is 0 Å². The number of para-hydroxylation sites is 1. The summed E-state index contributed by atoms with van der Waals surface area (Å²) in [5.41, 5.74) is 7.69. The average molecular weight is 482 g/mol. The summed E-state index contributed by atoms with van der Waals surface area (Å²) >= 11 is 6.51. The van der Waals surface area contributed by atoms with Gasteiger partial charge in [-0.15, -0.1) is 0 Å². The van der Waals surface area contributed by atoms with Crippen molar-refractivity contribution in [2.75, 3.05) is 5.32 Å². The van der Waals surface area contributed by atoms with Gasteiger partial charge in [-0.25, -0.2) is 22.4 Å². The molecule has 2 aromatic carbocycles. The van der Waals surface area contributed by atoms with Crippen molar-refractivity contribution in [2.24, 2.45) is 5.73 Å². The number of benzene rings is 2. The summed E-state index contributed by atoms with van der Waals surface area (Å²) in [6.45, 7) is 0. The summed E-state index contributed by atoms with van der Waals surface area (Å²) in [4.78, 5) is 9.24. The van der Waals surface area contributed by atoms with Gasteiger partial charge in [0, 0.05) is 29.2 Å². The van der Waals surface area contributed by atoms with Crippen LogP contribution in [-0.2, 0) is 10.0 Å². The second-order valence-electron chi connectivity index (χ2n) is 8.32. The van der Waals surface area contributed by atoms with E-state index in [9.17, 15) is 8.42 Å². The normalized spacial score (nSPS) is 19.0. The van der Waals surface area contributed by atoms with E-state index in [4.69, 9.17) is 17.3 Å². The molecular weight excluding hydrogens is 458 g/mol. The standard InChI is InChI=1S/C24H24ClN5O2S/c25-21-14-27-24(28-17-12-10-16(26)11-13-17)29-23(21)20-15-30(22-9-5-4-8-19(20)22)33(31,32)18-6-2-1-3-7-18/h1-9,14-17H,10-13,26H2,(H,27,28,29). The molecule has 33 heavy (non-hydrogen) atoms. The van der Waals surface area contributed by atoms with Crippen molar-refractivity contribution in [1.29, 1.82) is 0 Å². The maximum Gasteiger partial charge on any atom is 0.268 e. The molecule has 0 saturated heterocycles. The predicted molar refractivity (Wildman–Crippen MR) is 131 cm³/mol. The van der Waals surface area contributed by atoms with E-state index in [1.54, 1.807) is 48.8 Å². The minimum Gasteiger partial charge on any atom is -0.351 e. The first kappa shape index (κ1) is 21.9. The third-order valence-electron chi connectivity index (χ3n) is 6.08. The lowest BCUT2D eigenvalue weighted by Crippen LogP contribution is -2.33. The topological polar surface area (TPSA) is 103 Å². The number of fused-ring (bicyclic) bond motifs is 1. The molecule has 0 unspecified atom stereocenters. The lowest BCUT2D eigenvalue weighted by molar-refractivity contribution is 0.410. The van der Waals surface area contributed by atoms with Crippen molar-refractivity contribution in [1.82, 2.24) is 13.9 Å². The van der Waals surface area contributed by atoms with Crippen molar-refractivity contribution in [3.8, 4) is 11.3 Å². The van der Waals surface area contributed by atoms with Crippen LogP contribution in [0.2, 0.25) is 5.02 Å². The Morgan fingerprint density at radius 2 is 1.70 bits per heavy atom. The third-order valence-corrected chi connectivity index (χ3v) is 8.05. The zero-order chi connectivity index (χ0) is 23.0. The fourth-order valence-electron chi connectivity index (χ4n) is 4.32. The Kier molecular flexibility index (Phi) is 5.82. The van der Waals surface area contributed by atoms with Gasteiger partial charge in [0.2, 0.25) is 5.95 Å². The van der Waals surface area contributed by atoms with E-state index in [0.717, 1.165) is 31.1 Å². The number of halogens is 1. The minimum absolute atomic E-state index is 0.212. The number of nitrogens with one attached hydrogen (secondary N) is 1. The maximum absolute atomic E-state index is 13.4. The average Bonchev–Trinajstić information content (AvgIpc) is 3.23. The highest BCUT2D eigenvalue weighted by Crippen LogP contribution is 2.36. The Morgan fingerprint density at radius 1 is 1.00 bits per heavy atom. The molecule has 1 saturated carbocycles. The molecule has 0 amide bonds. The summed E-state index contributed by atoms with van der Waals surface area (Å²) in [6.07, 6.45) is 6.98. The molecule has 0 radical (unpaired) electrons. The summed E-state index contributed by atoms with van der Waals surface area (Å²) in [5, 5.41) is 4.48. The van der Waals surface area contributed by atoms with Gasteiger partial charge >= 0.3 is 0 Å². The van der Waals surface area contributed by atoms with Crippen LogP contribution >= 0.6 is 11.6 Å². The first-order valence-electron chi connectivity index (χ1n) is 10.9. The summed E-state index contributed by atoms with van der Waals surface area (Å²) in [7, 11) is -3.80. The van der Waals surface area contributed by atoms with Gasteiger partial charge in [-0.05, 0) is 43.9 Å². The highest BCUT2D eigenvalue weighted by atomic mass is 35.5. The molecule has 3 N–H and O–H groups in total. The van der Waals surface area contributed by atoms with Crippen LogP contribution in [0, 0.1) is 0 Å². The number of nitrogens with zero attached hydrogens (tertiary/aromatic N) is 3.